The fourth-order valence-corrected chi connectivity index (χ4v) is 1.91. The minimum absolute atomic E-state index is 0.00836. The van der Waals surface area contributed by atoms with E-state index in [4.69, 9.17) is 18.9 Å². The average molecular weight is 337 g/mol. The highest BCUT2D eigenvalue weighted by atomic mass is 16.5. The molecule has 0 spiro atoms. The van der Waals surface area contributed by atoms with E-state index >= 15 is 0 Å². The number of amides is 1. The van der Waals surface area contributed by atoms with Gasteiger partial charge >= 0.3 is 5.97 Å². The molecule has 0 saturated carbocycles. The Morgan fingerprint density at radius 1 is 1.08 bits per heavy atom. The predicted octanol–water partition coefficient (Wildman–Crippen LogP) is 1.79. The lowest BCUT2D eigenvalue weighted by molar-refractivity contribution is -0.143. The quantitative estimate of drug-likeness (QED) is 0.575. The molecule has 0 atom stereocenters. The van der Waals surface area contributed by atoms with Gasteiger partial charge in [0.25, 0.3) is 5.91 Å². The second-order valence-electron chi connectivity index (χ2n) is 5.12. The van der Waals surface area contributed by atoms with Gasteiger partial charge in [0, 0.05) is 12.1 Å². The van der Waals surface area contributed by atoms with E-state index in [0.29, 0.717) is 22.8 Å². The maximum atomic E-state index is 11.7. The molecule has 0 saturated heterocycles. The Balaban J connectivity index is 2.76. The van der Waals surface area contributed by atoms with Crippen molar-refractivity contribution in [1.82, 2.24) is 5.32 Å². The molecule has 0 aliphatic carbocycles. The van der Waals surface area contributed by atoms with Crippen molar-refractivity contribution < 1.29 is 28.5 Å². The number of benzene rings is 1. The summed E-state index contributed by atoms with van der Waals surface area (Å²) in [7, 11) is 4.52. The van der Waals surface area contributed by atoms with Crippen molar-refractivity contribution in [1.29, 1.82) is 0 Å². The van der Waals surface area contributed by atoms with Gasteiger partial charge in [-0.05, 0) is 37.6 Å². The number of esters is 1. The molecule has 0 unspecified atom stereocenters. The first kappa shape index (κ1) is 19.3. The van der Waals surface area contributed by atoms with Gasteiger partial charge in [-0.3, -0.25) is 4.79 Å². The lowest BCUT2D eigenvalue weighted by atomic mass is 10.1. The first-order valence-electron chi connectivity index (χ1n) is 7.35. The maximum absolute atomic E-state index is 11.7. The van der Waals surface area contributed by atoms with E-state index in [0.717, 1.165) is 0 Å². The van der Waals surface area contributed by atoms with E-state index in [9.17, 15) is 9.59 Å². The van der Waals surface area contributed by atoms with Gasteiger partial charge in [0.1, 0.15) is 0 Å². The van der Waals surface area contributed by atoms with Crippen LogP contribution >= 0.6 is 0 Å². The Kier molecular flexibility index (Phi) is 7.61. The number of hydrogen-bond donors (Lipinski definition) is 1. The minimum atomic E-state index is -0.623. The Morgan fingerprint density at radius 2 is 1.67 bits per heavy atom. The highest BCUT2D eigenvalue weighted by Crippen LogP contribution is 2.38. The number of rotatable bonds is 8. The monoisotopic (exact) mass is 337 g/mol. The molecule has 1 N–H and O–H groups in total. The van der Waals surface area contributed by atoms with Gasteiger partial charge in [0.15, 0.2) is 18.1 Å². The smallest absolute Gasteiger partial charge is 0.331 e. The molecule has 0 aliphatic rings. The van der Waals surface area contributed by atoms with E-state index in [-0.39, 0.29) is 18.6 Å². The average Bonchev–Trinajstić information content (AvgIpc) is 2.56. The summed E-state index contributed by atoms with van der Waals surface area (Å²) in [5.74, 6) is 0.439. The summed E-state index contributed by atoms with van der Waals surface area (Å²) in [5, 5.41) is 2.63. The summed E-state index contributed by atoms with van der Waals surface area (Å²) < 4.78 is 20.6. The zero-order valence-electron chi connectivity index (χ0n) is 14.5. The molecule has 1 amide bonds. The highest BCUT2D eigenvalue weighted by Gasteiger charge is 2.12. The third-order valence-electron chi connectivity index (χ3n) is 2.89. The zero-order chi connectivity index (χ0) is 18.1. The Labute approximate surface area is 141 Å². The molecule has 0 aromatic heterocycles. The summed E-state index contributed by atoms with van der Waals surface area (Å²) in [6.07, 6.45) is 2.76. The first-order chi connectivity index (χ1) is 11.4. The largest absolute Gasteiger partial charge is 0.493 e. The van der Waals surface area contributed by atoms with Crippen LogP contribution in [0.5, 0.6) is 17.2 Å². The molecular weight excluding hydrogens is 314 g/mol. The van der Waals surface area contributed by atoms with Crippen molar-refractivity contribution >= 4 is 18.0 Å². The van der Waals surface area contributed by atoms with Gasteiger partial charge < -0.3 is 24.3 Å². The van der Waals surface area contributed by atoms with Crippen LogP contribution in [0.4, 0.5) is 0 Å². The molecule has 7 heteroatoms. The minimum Gasteiger partial charge on any atom is -0.493 e. The second-order valence-corrected chi connectivity index (χ2v) is 5.12. The second kappa shape index (κ2) is 9.44. The van der Waals surface area contributed by atoms with Gasteiger partial charge in [-0.15, -0.1) is 0 Å². The number of methoxy groups -OCH3 is 3. The van der Waals surface area contributed by atoms with Crippen LogP contribution in [0.25, 0.3) is 6.08 Å². The van der Waals surface area contributed by atoms with Crippen molar-refractivity contribution in [2.75, 3.05) is 27.9 Å². The Morgan fingerprint density at radius 3 is 2.12 bits per heavy atom. The van der Waals surface area contributed by atoms with E-state index in [1.54, 1.807) is 12.1 Å². The number of hydrogen-bond acceptors (Lipinski definition) is 6. The molecule has 132 valence electrons. The summed E-state index contributed by atoms with van der Waals surface area (Å²) in [6.45, 7) is 3.32. The Bertz CT molecular complexity index is 584. The van der Waals surface area contributed by atoms with Crippen LogP contribution in [0, 0.1) is 0 Å². The topological polar surface area (TPSA) is 83.1 Å². The van der Waals surface area contributed by atoms with Crippen molar-refractivity contribution in [3.8, 4) is 17.2 Å². The summed E-state index contributed by atoms with van der Waals surface area (Å²) >= 11 is 0. The number of nitrogens with one attached hydrogen (secondary N) is 1. The van der Waals surface area contributed by atoms with Crippen LogP contribution < -0.4 is 19.5 Å². The van der Waals surface area contributed by atoms with Gasteiger partial charge in [-0.2, -0.15) is 0 Å². The molecule has 0 bridgehead atoms. The molecule has 24 heavy (non-hydrogen) atoms. The van der Waals surface area contributed by atoms with Crippen LogP contribution in [0.15, 0.2) is 18.2 Å². The number of carbonyl (C=O) groups is 2. The number of ether oxygens (including phenoxy) is 4. The van der Waals surface area contributed by atoms with Crippen LogP contribution in [-0.4, -0.2) is 45.9 Å². The lowest BCUT2D eigenvalue weighted by Gasteiger charge is -2.12. The molecule has 0 aliphatic heterocycles. The number of carbonyl (C=O) groups excluding carboxylic acids is 2. The summed E-state index contributed by atoms with van der Waals surface area (Å²) in [5.41, 5.74) is 0.660. The van der Waals surface area contributed by atoms with Crippen molar-refractivity contribution in [3.05, 3.63) is 23.8 Å². The molecule has 0 heterocycles. The van der Waals surface area contributed by atoms with Gasteiger partial charge in [0.2, 0.25) is 5.75 Å². The van der Waals surface area contributed by atoms with E-state index in [1.165, 1.54) is 33.5 Å². The third-order valence-corrected chi connectivity index (χ3v) is 2.89. The molecule has 1 aromatic carbocycles. The van der Waals surface area contributed by atoms with Crippen molar-refractivity contribution in [2.45, 2.75) is 19.9 Å². The first-order valence-corrected chi connectivity index (χ1v) is 7.35. The van der Waals surface area contributed by atoms with Crippen molar-refractivity contribution in [3.63, 3.8) is 0 Å². The summed E-state index contributed by atoms with van der Waals surface area (Å²) in [4.78, 5) is 23.1. The highest BCUT2D eigenvalue weighted by molar-refractivity contribution is 5.89. The van der Waals surface area contributed by atoms with Gasteiger partial charge in [0.05, 0.1) is 21.3 Å². The third kappa shape index (κ3) is 5.83. The molecule has 1 rings (SSSR count). The SMILES string of the molecule is COc1cc(/C=C/C(=O)OCC(=O)NC(C)C)cc(OC)c1OC. The van der Waals surface area contributed by atoms with Crippen LogP contribution in [0.3, 0.4) is 0 Å². The summed E-state index contributed by atoms with van der Waals surface area (Å²) in [6, 6.07) is 3.37. The van der Waals surface area contributed by atoms with Crippen LogP contribution in [0.2, 0.25) is 0 Å². The molecule has 0 fully saturated rings. The zero-order valence-corrected chi connectivity index (χ0v) is 14.5. The standard InChI is InChI=1S/C17H23NO6/c1-11(2)18-15(19)10-24-16(20)7-6-12-8-13(21-3)17(23-5)14(9-12)22-4/h6-9,11H,10H2,1-5H3,(H,18,19)/b7-6+. The van der Waals surface area contributed by atoms with E-state index < -0.39 is 5.97 Å². The lowest BCUT2D eigenvalue weighted by Crippen LogP contribution is -2.33. The van der Waals surface area contributed by atoms with E-state index in [2.05, 4.69) is 5.32 Å². The molecule has 7 nitrogen and oxygen atoms in total. The van der Waals surface area contributed by atoms with Crippen LogP contribution in [0.1, 0.15) is 19.4 Å². The van der Waals surface area contributed by atoms with Crippen LogP contribution in [-0.2, 0) is 14.3 Å². The van der Waals surface area contributed by atoms with E-state index in [1.807, 2.05) is 13.8 Å². The fourth-order valence-electron chi connectivity index (χ4n) is 1.91. The predicted molar refractivity (Wildman–Crippen MR) is 89.4 cm³/mol. The molecule has 1 aromatic rings. The normalized spacial score (nSPS) is 10.6. The van der Waals surface area contributed by atoms with Gasteiger partial charge in [-0.1, -0.05) is 0 Å². The maximum Gasteiger partial charge on any atom is 0.331 e. The molecular formula is C17H23NO6. The molecule has 0 radical (unpaired) electrons. The fraction of sp³-hybridized carbons (Fsp3) is 0.412. The van der Waals surface area contributed by atoms with Gasteiger partial charge in [-0.25, -0.2) is 4.79 Å². The van der Waals surface area contributed by atoms with Crippen molar-refractivity contribution in [2.24, 2.45) is 0 Å². The Hall–Kier alpha value is -2.70.